The fourth-order valence-electron chi connectivity index (χ4n) is 2.97. The van der Waals surface area contributed by atoms with E-state index in [2.05, 4.69) is 33.0 Å². The van der Waals surface area contributed by atoms with Crippen LogP contribution in [0.3, 0.4) is 0 Å². The Hall–Kier alpha value is -1.09. The van der Waals surface area contributed by atoms with Gasteiger partial charge in [-0.05, 0) is 48.5 Å². The predicted molar refractivity (Wildman–Crippen MR) is 88.9 cm³/mol. The van der Waals surface area contributed by atoms with Gasteiger partial charge in [-0.15, -0.1) is 0 Å². The smallest absolute Gasteiger partial charge is 0.261 e. The van der Waals surface area contributed by atoms with Crippen molar-refractivity contribution in [1.82, 2.24) is 0 Å². The van der Waals surface area contributed by atoms with Crippen LogP contribution in [0.15, 0.2) is 30.3 Å². The lowest BCUT2D eigenvalue weighted by Gasteiger charge is -2.40. The van der Waals surface area contributed by atoms with Crippen LogP contribution >= 0.6 is 12.2 Å². The number of thiocarbonyl (C=S) groups is 1. The third kappa shape index (κ3) is 2.98. The number of hydrogen-bond donors (Lipinski definition) is 1. The van der Waals surface area contributed by atoms with Crippen LogP contribution in [-0.4, -0.2) is 11.8 Å². The molecule has 0 amide bonds. The average Bonchev–Trinajstić information content (AvgIpc) is 2.62. The van der Waals surface area contributed by atoms with Crippen molar-refractivity contribution in [2.24, 2.45) is 16.7 Å². The maximum atomic E-state index is 5.84. The van der Waals surface area contributed by atoms with Crippen molar-refractivity contribution in [3.63, 3.8) is 0 Å². The number of benzene rings is 1. The first kappa shape index (κ1) is 15.3. The summed E-state index contributed by atoms with van der Waals surface area (Å²) in [6, 6.07) is 9.92. The zero-order valence-electron chi connectivity index (χ0n) is 12.9. The fourth-order valence-corrected chi connectivity index (χ4v) is 3.15. The van der Waals surface area contributed by atoms with Gasteiger partial charge in [0.15, 0.2) is 0 Å². The first-order chi connectivity index (χ1) is 9.35. The van der Waals surface area contributed by atoms with Crippen molar-refractivity contribution in [3.8, 4) is 0 Å². The summed E-state index contributed by atoms with van der Waals surface area (Å²) in [5.74, 6) is 0.728. The van der Waals surface area contributed by atoms with Crippen LogP contribution < -0.4 is 5.32 Å². The van der Waals surface area contributed by atoms with Crippen molar-refractivity contribution in [1.29, 1.82) is 0 Å². The van der Waals surface area contributed by atoms with Gasteiger partial charge in [0.05, 0.1) is 6.61 Å². The van der Waals surface area contributed by atoms with E-state index in [1.807, 2.05) is 30.3 Å². The highest BCUT2D eigenvalue weighted by atomic mass is 32.1. The molecular formula is C17H25NOS. The van der Waals surface area contributed by atoms with E-state index >= 15 is 0 Å². The molecule has 1 aromatic carbocycles. The Morgan fingerprint density at radius 3 is 2.50 bits per heavy atom. The van der Waals surface area contributed by atoms with E-state index < -0.39 is 0 Å². The molecule has 2 atom stereocenters. The van der Waals surface area contributed by atoms with Gasteiger partial charge in [-0.3, -0.25) is 0 Å². The summed E-state index contributed by atoms with van der Waals surface area (Å²) in [6.45, 7) is 10.0. The van der Waals surface area contributed by atoms with E-state index in [0.29, 0.717) is 11.8 Å². The highest BCUT2D eigenvalue weighted by Crippen LogP contribution is 2.55. The molecule has 0 saturated heterocycles. The van der Waals surface area contributed by atoms with Gasteiger partial charge in [-0.2, -0.15) is 0 Å². The molecule has 1 N–H and O–H groups in total. The summed E-state index contributed by atoms with van der Waals surface area (Å²) in [5, 5.41) is 3.60. The Balaban J connectivity index is 1.91. The van der Waals surface area contributed by atoms with E-state index in [-0.39, 0.29) is 10.8 Å². The molecule has 0 spiro atoms. The summed E-state index contributed by atoms with van der Waals surface area (Å²) < 4.78 is 5.84. The minimum absolute atomic E-state index is 0.189. The molecule has 1 aliphatic rings. The Labute approximate surface area is 127 Å². The van der Waals surface area contributed by atoms with Gasteiger partial charge in [0.2, 0.25) is 0 Å². The molecule has 3 heteroatoms. The van der Waals surface area contributed by atoms with Crippen molar-refractivity contribution in [3.05, 3.63) is 30.3 Å². The Morgan fingerprint density at radius 2 is 1.95 bits per heavy atom. The minimum Gasteiger partial charge on any atom is -0.470 e. The van der Waals surface area contributed by atoms with E-state index in [1.54, 1.807) is 0 Å². The molecule has 2 nitrogen and oxygen atoms in total. The number of nitrogens with one attached hydrogen (secondary N) is 1. The molecule has 20 heavy (non-hydrogen) atoms. The summed E-state index contributed by atoms with van der Waals surface area (Å²) in [7, 11) is 0. The highest BCUT2D eigenvalue weighted by molar-refractivity contribution is 7.80. The van der Waals surface area contributed by atoms with Gasteiger partial charge >= 0.3 is 0 Å². The van der Waals surface area contributed by atoms with E-state index in [4.69, 9.17) is 17.0 Å². The van der Waals surface area contributed by atoms with Crippen LogP contribution in [0.1, 0.15) is 40.5 Å². The Kier molecular flexibility index (Phi) is 4.38. The molecule has 2 rings (SSSR count). The molecule has 0 bridgehead atoms. The largest absolute Gasteiger partial charge is 0.470 e. The maximum Gasteiger partial charge on any atom is 0.261 e. The Bertz CT molecular complexity index is 471. The molecule has 1 aliphatic carbocycles. The van der Waals surface area contributed by atoms with Gasteiger partial charge in [-0.1, -0.05) is 45.9 Å². The second-order valence-corrected chi connectivity index (χ2v) is 7.16. The van der Waals surface area contributed by atoms with E-state index in [9.17, 15) is 0 Å². The van der Waals surface area contributed by atoms with Crippen molar-refractivity contribution >= 4 is 23.1 Å². The molecule has 1 fully saturated rings. The average molecular weight is 291 g/mol. The van der Waals surface area contributed by atoms with Crippen LogP contribution in [0, 0.1) is 16.7 Å². The predicted octanol–water partition coefficient (Wildman–Crippen LogP) is 4.86. The molecule has 0 radical (unpaired) electrons. The van der Waals surface area contributed by atoms with Gasteiger partial charge < -0.3 is 10.1 Å². The van der Waals surface area contributed by atoms with Gasteiger partial charge in [0.25, 0.3) is 5.17 Å². The third-order valence-electron chi connectivity index (χ3n) is 5.46. The first-order valence-electron chi connectivity index (χ1n) is 7.34. The van der Waals surface area contributed by atoms with Crippen LogP contribution in [-0.2, 0) is 4.74 Å². The molecule has 1 saturated carbocycles. The van der Waals surface area contributed by atoms with Gasteiger partial charge in [-0.25, -0.2) is 0 Å². The molecule has 2 unspecified atom stereocenters. The van der Waals surface area contributed by atoms with Crippen molar-refractivity contribution < 1.29 is 4.74 Å². The number of anilines is 1. The van der Waals surface area contributed by atoms with Crippen LogP contribution in [0.4, 0.5) is 5.69 Å². The van der Waals surface area contributed by atoms with Crippen molar-refractivity contribution in [2.75, 3.05) is 11.9 Å². The quantitative estimate of drug-likeness (QED) is 0.803. The monoisotopic (exact) mass is 291 g/mol. The van der Waals surface area contributed by atoms with E-state index in [0.717, 1.165) is 11.6 Å². The fraction of sp³-hybridized carbons (Fsp3) is 0.588. The number of ether oxygens (including phenoxy) is 1. The summed E-state index contributed by atoms with van der Waals surface area (Å²) >= 11 is 5.29. The third-order valence-corrected chi connectivity index (χ3v) is 5.68. The SMILES string of the molecule is CC1CCC(C)(COC(=S)Nc2ccccc2)C1(C)C. The second-order valence-electron chi connectivity index (χ2n) is 6.79. The normalized spacial score (nSPS) is 28.1. The maximum absolute atomic E-state index is 5.84. The zero-order chi connectivity index (χ0) is 14.8. The topological polar surface area (TPSA) is 21.3 Å². The lowest BCUT2D eigenvalue weighted by Crippen LogP contribution is -2.38. The van der Waals surface area contributed by atoms with E-state index in [1.165, 1.54) is 12.8 Å². The lowest BCUT2D eigenvalue weighted by atomic mass is 9.66. The second kappa shape index (κ2) is 5.72. The molecule has 0 aromatic heterocycles. The molecule has 110 valence electrons. The first-order valence-corrected chi connectivity index (χ1v) is 7.75. The lowest BCUT2D eigenvalue weighted by molar-refractivity contribution is 0.0370. The minimum atomic E-state index is 0.189. The number of hydrogen-bond acceptors (Lipinski definition) is 2. The number of para-hydroxylation sites is 1. The number of rotatable bonds is 3. The van der Waals surface area contributed by atoms with Crippen molar-refractivity contribution in [2.45, 2.75) is 40.5 Å². The van der Waals surface area contributed by atoms with Gasteiger partial charge in [0, 0.05) is 11.1 Å². The highest BCUT2D eigenvalue weighted by Gasteiger charge is 2.50. The van der Waals surface area contributed by atoms with Crippen LogP contribution in [0.5, 0.6) is 0 Å². The molecular weight excluding hydrogens is 266 g/mol. The summed E-state index contributed by atoms with van der Waals surface area (Å²) in [5.41, 5.74) is 1.45. The van der Waals surface area contributed by atoms with Gasteiger partial charge in [0.1, 0.15) is 0 Å². The summed E-state index contributed by atoms with van der Waals surface area (Å²) in [4.78, 5) is 0. The standard InChI is InChI=1S/C17H25NOS/c1-13-10-11-17(4,16(13,2)3)12-19-15(20)18-14-8-6-5-7-9-14/h5-9,13H,10-12H2,1-4H3,(H,18,20). The van der Waals surface area contributed by atoms with Crippen LogP contribution in [0.2, 0.25) is 0 Å². The van der Waals surface area contributed by atoms with Crippen LogP contribution in [0.25, 0.3) is 0 Å². The molecule has 0 aliphatic heterocycles. The zero-order valence-corrected chi connectivity index (χ0v) is 13.7. The Morgan fingerprint density at radius 1 is 1.30 bits per heavy atom. The molecule has 0 heterocycles. The summed E-state index contributed by atoms with van der Waals surface area (Å²) in [6.07, 6.45) is 2.47. The molecule has 1 aromatic rings.